The lowest BCUT2D eigenvalue weighted by atomic mass is 9.96. The van der Waals surface area contributed by atoms with Crippen molar-refractivity contribution < 1.29 is 14.0 Å². The summed E-state index contributed by atoms with van der Waals surface area (Å²) in [5.41, 5.74) is -7.57. The molecule has 0 aromatic heterocycles. The van der Waals surface area contributed by atoms with Crippen molar-refractivity contribution in [3.05, 3.63) is 0 Å². The fourth-order valence-corrected chi connectivity index (χ4v) is 1.49. The predicted molar refractivity (Wildman–Crippen MR) is 81.6 cm³/mol. The molecule has 0 radical (unpaired) electrons. The molecule has 0 saturated carbocycles. The lowest BCUT2D eigenvalue weighted by molar-refractivity contribution is -0.00507. The van der Waals surface area contributed by atoms with Gasteiger partial charge in [0, 0.05) is 0 Å². The maximum atomic E-state index is 9.16. The van der Waals surface area contributed by atoms with E-state index >= 15 is 0 Å². The summed E-state index contributed by atoms with van der Waals surface area (Å²) in [4.78, 5) is 0. The Hall–Kier alpha value is -4.65. The first-order chi connectivity index (χ1) is 13.3. The van der Waals surface area contributed by atoms with Crippen LogP contribution >= 0.6 is 0 Å². The number of hydrogen-bond acceptors (Lipinski definition) is 12. The van der Waals surface area contributed by atoms with E-state index in [0.29, 0.717) is 0 Å². The molecular formula is C15H6BN9O3. The molecule has 0 bridgehead atoms. The van der Waals surface area contributed by atoms with Gasteiger partial charge in [-0.3, -0.25) is 0 Å². The van der Waals surface area contributed by atoms with Crippen LogP contribution in [0.15, 0.2) is 0 Å². The monoisotopic (exact) mass is 371 g/mol. The molecule has 0 rings (SSSR count). The Labute approximate surface area is 160 Å². The predicted octanol–water partition coefficient (Wildman–Crippen LogP) is 0.120. The smallest absolute Gasteiger partial charge is 0.355 e. The molecule has 0 N–H and O–H groups in total. The summed E-state index contributed by atoms with van der Waals surface area (Å²) in [6.07, 6.45) is -2.51. The fraction of sp³-hybridized carbons (Fsp3) is 0.400. The van der Waals surface area contributed by atoms with Gasteiger partial charge in [-0.05, 0) is 0 Å². The molecule has 132 valence electrons. The van der Waals surface area contributed by atoms with Crippen LogP contribution in [0.2, 0.25) is 0 Å². The molecule has 0 unspecified atom stereocenters. The summed E-state index contributed by atoms with van der Waals surface area (Å²) in [5, 5.41) is 81.3. The van der Waals surface area contributed by atoms with Gasteiger partial charge in [-0.2, -0.15) is 47.4 Å². The van der Waals surface area contributed by atoms with Crippen molar-refractivity contribution in [2.45, 2.75) is 36.1 Å². The van der Waals surface area contributed by atoms with Gasteiger partial charge in [-0.1, -0.05) is 0 Å². The van der Waals surface area contributed by atoms with Gasteiger partial charge in [-0.15, -0.1) is 0 Å². The summed E-state index contributed by atoms with van der Waals surface area (Å²) in [6.45, 7) is 0. The van der Waals surface area contributed by atoms with Crippen molar-refractivity contribution in [3.63, 3.8) is 0 Å². The van der Waals surface area contributed by atoms with E-state index in [0.717, 1.165) is 0 Å². The molecule has 0 spiro atoms. The zero-order chi connectivity index (χ0) is 21.7. The third kappa shape index (κ3) is 5.43. The van der Waals surface area contributed by atoms with Gasteiger partial charge in [0.1, 0.15) is 36.4 Å². The van der Waals surface area contributed by atoms with Gasteiger partial charge in [0.05, 0.1) is 37.5 Å². The Bertz CT molecular complexity index is 808. The van der Waals surface area contributed by atoms with Crippen LogP contribution in [0.1, 0.15) is 19.3 Å². The second-order valence-corrected chi connectivity index (χ2v) is 4.80. The van der Waals surface area contributed by atoms with E-state index in [9.17, 15) is 0 Å². The van der Waals surface area contributed by atoms with Crippen LogP contribution in [0.25, 0.3) is 0 Å². The summed E-state index contributed by atoms with van der Waals surface area (Å²) < 4.78 is 14.9. The normalized spacial score (nSPS) is 9.96. The van der Waals surface area contributed by atoms with Crippen molar-refractivity contribution in [3.8, 4) is 54.6 Å². The average Bonchev–Trinajstić information content (AvgIpc) is 2.72. The van der Waals surface area contributed by atoms with Gasteiger partial charge in [-0.25, -0.2) is 0 Å². The van der Waals surface area contributed by atoms with E-state index in [1.54, 1.807) is 0 Å². The summed E-state index contributed by atoms with van der Waals surface area (Å²) in [5.74, 6) is 0. The fourth-order valence-electron chi connectivity index (χ4n) is 1.49. The summed E-state index contributed by atoms with van der Waals surface area (Å²) in [7, 11) is -2.38. The molecule has 0 aromatic rings. The Morgan fingerprint density at radius 2 is 0.679 bits per heavy atom. The topological polar surface area (TPSA) is 242 Å². The molecule has 28 heavy (non-hydrogen) atoms. The third-order valence-electron chi connectivity index (χ3n) is 2.96. The van der Waals surface area contributed by atoms with Crippen LogP contribution in [0.5, 0.6) is 0 Å². The molecule has 13 heteroatoms. The number of nitriles is 9. The van der Waals surface area contributed by atoms with E-state index in [4.69, 9.17) is 61.3 Å². The highest BCUT2D eigenvalue weighted by atomic mass is 16.8. The minimum Gasteiger partial charge on any atom is -0.355 e. The van der Waals surface area contributed by atoms with Gasteiger partial charge in [0.2, 0.25) is 16.8 Å². The van der Waals surface area contributed by atoms with Gasteiger partial charge >= 0.3 is 7.32 Å². The van der Waals surface area contributed by atoms with Crippen LogP contribution in [0.4, 0.5) is 0 Å². The number of rotatable bonds is 9. The Balaban J connectivity index is 6.27. The zero-order valence-corrected chi connectivity index (χ0v) is 13.9. The van der Waals surface area contributed by atoms with Crippen molar-refractivity contribution in [1.29, 1.82) is 47.4 Å². The van der Waals surface area contributed by atoms with Crippen LogP contribution in [-0.2, 0) is 14.0 Å². The SMILES string of the molecule is N#CCC(C#N)(C#N)OB(OC(C#N)(C#N)CC#N)OC(C#N)(C#N)CC#N. The maximum absolute atomic E-state index is 9.16. The minimum absolute atomic E-state index is 0.835. The second kappa shape index (κ2) is 10.4. The lowest BCUT2D eigenvalue weighted by Gasteiger charge is -2.28. The molecule has 12 nitrogen and oxygen atoms in total. The first-order valence-corrected chi connectivity index (χ1v) is 6.95. The quantitative estimate of drug-likeness (QED) is 0.490. The molecule has 0 atom stereocenters. The van der Waals surface area contributed by atoms with Gasteiger partial charge in [0.15, 0.2) is 0 Å². The lowest BCUT2D eigenvalue weighted by Crippen LogP contribution is -2.49. The van der Waals surface area contributed by atoms with Crippen LogP contribution < -0.4 is 0 Å². The Kier molecular flexibility index (Phi) is 8.65. The molecular weight excluding hydrogens is 365 g/mol. The minimum atomic E-state index is -2.52. The van der Waals surface area contributed by atoms with E-state index < -0.39 is 43.4 Å². The average molecular weight is 371 g/mol. The Morgan fingerprint density at radius 3 is 0.821 bits per heavy atom. The largest absolute Gasteiger partial charge is 0.645 e. The van der Waals surface area contributed by atoms with Crippen LogP contribution in [0.3, 0.4) is 0 Å². The van der Waals surface area contributed by atoms with Crippen LogP contribution in [-0.4, -0.2) is 24.1 Å². The third-order valence-corrected chi connectivity index (χ3v) is 2.96. The van der Waals surface area contributed by atoms with E-state index in [1.807, 2.05) is 0 Å². The number of nitrogens with zero attached hydrogens (tertiary/aromatic N) is 9. The summed E-state index contributed by atoms with van der Waals surface area (Å²) in [6, 6.07) is 12.8. The maximum Gasteiger partial charge on any atom is 0.645 e. The Morgan fingerprint density at radius 1 is 0.464 bits per heavy atom. The molecule has 0 fully saturated rings. The highest BCUT2D eigenvalue weighted by molar-refractivity contribution is 6.37. The molecule has 0 heterocycles. The van der Waals surface area contributed by atoms with Crippen molar-refractivity contribution in [2.75, 3.05) is 0 Å². The molecule has 0 amide bonds. The molecule has 0 aliphatic carbocycles. The highest BCUT2D eigenvalue weighted by Crippen LogP contribution is 2.25. The van der Waals surface area contributed by atoms with Gasteiger partial charge in [0.25, 0.3) is 0 Å². The molecule has 0 aliphatic heterocycles. The first kappa shape index (κ1) is 23.4. The molecule has 0 aliphatic rings. The zero-order valence-electron chi connectivity index (χ0n) is 13.9. The van der Waals surface area contributed by atoms with Crippen LogP contribution in [0, 0.1) is 102 Å². The first-order valence-electron chi connectivity index (χ1n) is 6.95. The van der Waals surface area contributed by atoms with Gasteiger partial charge < -0.3 is 14.0 Å². The standard InChI is InChI=1S/C15H6BN9O3/c17-4-1-13(7-20,8-21)26-16(27-14(9-22,10-23)2-5-18)28-15(11-24,12-25)3-6-19/h1-3H2. The van der Waals surface area contributed by atoms with Crippen molar-refractivity contribution in [1.82, 2.24) is 0 Å². The molecule has 0 saturated heterocycles. The highest BCUT2D eigenvalue weighted by Gasteiger charge is 2.49. The van der Waals surface area contributed by atoms with E-state index in [2.05, 4.69) is 0 Å². The van der Waals surface area contributed by atoms with E-state index in [-0.39, 0.29) is 0 Å². The molecule has 0 aromatic carbocycles. The van der Waals surface area contributed by atoms with Crippen molar-refractivity contribution in [2.24, 2.45) is 0 Å². The summed E-state index contributed by atoms with van der Waals surface area (Å²) >= 11 is 0. The second-order valence-electron chi connectivity index (χ2n) is 4.80. The van der Waals surface area contributed by atoms with Crippen molar-refractivity contribution >= 4 is 7.32 Å². The number of hydrogen-bond donors (Lipinski definition) is 0. The van der Waals surface area contributed by atoms with E-state index in [1.165, 1.54) is 54.6 Å².